The van der Waals surface area contributed by atoms with Crippen LogP contribution < -0.4 is 4.90 Å². The fourth-order valence-electron chi connectivity index (χ4n) is 1.75. The molecule has 1 aromatic carbocycles. The molecule has 0 radical (unpaired) electrons. The van der Waals surface area contributed by atoms with Crippen LogP contribution in [-0.4, -0.2) is 24.7 Å². The first kappa shape index (κ1) is 13.5. The third-order valence-electron chi connectivity index (χ3n) is 2.68. The van der Waals surface area contributed by atoms with Gasteiger partial charge in [-0.25, -0.2) is 4.39 Å². The minimum Gasteiger partial charge on any atom is -0.481 e. The number of benzene rings is 1. The van der Waals surface area contributed by atoms with E-state index in [-0.39, 0.29) is 12.0 Å². The van der Waals surface area contributed by atoms with Crippen molar-refractivity contribution in [2.45, 2.75) is 26.2 Å². The van der Waals surface area contributed by atoms with Crippen molar-refractivity contribution >= 4 is 11.7 Å². The first-order valence-electron chi connectivity index (χ1n) is 5.76. The molecule has 0 bridgehead atoms. The summed E-state index contributed by atoms with van der Waals surface area (Å²) in [5, 5.41) is 8.79. The van der Waals surface area contributed by atoms with E-state index in [0.717, 1.165) is 19.4 Å². The van der Waals surface area contributed by atoms with E-state index in [0.29, 0.717) is 5.69 Å². The lowest BCUT2D eigenvalue weighted by Crippen LogP contribution is -2.21. The number of unbranched alkanes of at least 4 members (excludes halogenated alkanes) is 1. The largest absolute Gasteiger partial charge is 0.481 e. The molecular formula is C13H18FNO2. The number of rotatable bonds is 6. The average Bonchev–Trinajstić information content (AvgIpc) is 2.28. The van der Waals surface area contributed by atoms with Crippen molar-refractivity contribution in [3.63, 3.8) is 0 Å². The first-order chi connectivity index (χ1) is 8.06. The lowest BCUT2D eigenvalue weighted by Gasteiger charge is -2.22. The van der Waals surface area contributed by atoms with E-state index in [1.807, 2.05) is 11.9 Å². The van der Waals surface area contributed by atoms with Gasteiger partial charge in [0.25, 0.3) is 0 Å². The molecule has 1 rings (SSSR count). The highest BCUT2D eigenvalue weighted by atomic mass is 19.1. The Labute approximate surface area is 101 Å². The molecule has 4 heteroatoms. The minimum atomic E-state index is -1.01. The van der Waals surface area contributed by atoms with E-state index in [1.165, 1.54) is 6.07 Å². The van der Waals surface area contributed by atoms with E-state index >= 15 is 0 Å². The number of halogens is 1. The Morgan fingerprint density at radius 3 is 2.76 bits per heavy atom. The van der Waals surface area contributed by atoms with Crippen LogP contribution in [0.1, 0.15) is 25.3 Å². The average molecular weight is 239 g/mol. The number of anilines is 1. The van der Waals surface area contributed by atoms with Crippen LogP contribution in [-0.2, 0) is 11.2 Å². The predicted octanol–water partition coefficient (Wildman–Crippen LogP) is 2.69. The maximum absolute atomic E-state index is 13.6. The standard InChI is InChI=1S/C13H18FNO2/c1-3-4-8-15(2)12-7-5-6-11(14)10(12)9-13(16)17/h5-7H,3-4,8-9H2,1-2H3,(H,16,17). The predicted molar refractivity (Wildman–Crippen MR) is 65.9 cm³/mol. The van der Waals surface area contributed by atoms with Gasteiger partial charge in [-0.1, -0.05) is 19.4 Å². The normalized spacial score (nSPS) is 10.3. The molecule has 0 aliphatic carbocycles. The molecule has 1 aromatic rings. The van der Waals surface area contributed by atoms with Crippen molar-refractivity contribution in [2.24, 2.45) is 0 Å². The summed E-state index contributed by atoms with van der Waals surface area (Å²) in [6.07, 6.45) is 1.77. The summed E-state index contributed by atoms with van der Waals surface area (Å²) in [7, 11) is 1.86. The van der Waals surface area contributed by atoms with Gasteiger partial charge in [0.1, 0.15) is 5.82 Å². The number of nitrogens with zero attached hydrogens (tertiary/aromatic N) is 1. The lowest BCUT2D eigenvalue weighted by molar-refractivity contribution is -0.136. The molecule has 0 atom stereocenters. The molecule has 0 aliphatic heterocycles. The Kier molecular flexibility index (Phi) is 4.94. The molecule has 0 fully saturated rings. The quantitative estimate of drug-likeness (QED) is 0.829. The van der Waals surface area contributed by atoms with Gasteiger partial charge in [0, 0.05) is 24.8 Å². The third kappa shape index (κ3) is 3.73. The van der Waals surface area contributed by atoms with Crippen LogP contribution in [0.3, 0.4) is 0 Å². The van der Waals surface area contributed by atoms with Crippen LogP contribution in [0.2, 0.25) is 0 Å². The number of carbonyl (C=O) groups is 1. The zero-order valence-electron chi connectivity index (χ0n) is 10.2. The van der Waals surface area contributed by atoms with Gasteiger partial charge in [-0.05, 0) is 18.6 Å². The van der Waals surface area contributed by atoms with Crippen molar-refractivity contribution in [2.75, 3.05) is 18.5 Å². The van der Waals surface area contributed by atoms with Crippen LogP contribution in [0.4, 0.5) is 10.1 Å². The van der Waals surface area contributed by atoms with Crippen LogP contribution in [0.15, 0.2) is 18.2 Å². The summed E-state index contributed by atoms with van der Waals surface area (Å²) in [6, 6.07) is 4.67. The number of hydrogen-bond donors (Lipinski definition) is 1. The zero-order valence-corrected chi connectivity index (χ0v) is 10.2. The highest BCUT2D eigenvalue weighted by Gasteiger charge is 2.14. The molecule has 1 N–H and O–H groups in total. The molecular weight excluding hydrogens is 221 g/mol. The molecule has 94 valence electrons. The minimum absolute atomic E-state index is 0.263. The lowest BCUT2D eigenvalue weighted by atomic mass is 10.1. The molecule has 0 spiro atoms. The summed E-state index contributed by atoms with van der Waals surface area (Å²) >= 11 is 0. The van der Waals surface area contributed by atoms with Crippen LogP contribution >= 0.6 is 0 Å². The molecule has 0 aliphatic rings. The molecule has 0 saturated heterocycles. The summed E-state index contributed by atoms with van der Waals surface area (Å²) in [4.78, 5) is 12.6. The Morgan fingerprint density at radius 2 is 2.18 bits per heavy atom. The van der Waals surface area contributed by atoms with Crippen LogP contribution in [0.25, 0.3) is 0 Å². The Morgan fingerprint density at radius 1 is 1.47 bits per heavy atom. The maximum atomic E-state index is 13.6. The number of carboxylic acids is 1. The molecule has 0 saturated carbocycles. The maximum Gasteiger partial charge on any atom is 0.308 e. The van der Waals surface area contributed by atoms with E-state index in [1.54, 1.807) is 12.1 Å². The summed E-state index contributed by atoms with van der Waals surface area (Å²) in [5.74, 6) is -1.46. The number of carboxylic acid groups (broad SMARTS) is 1. The third-order valence-corrected chi connectivity index (χ3v) is 2.68. The van der Waals surface area contributed by atoms with Gasteiger partial charge in [-0.15, -0.1) is 0 Å². The van der Waals surface area contributed by atoms with Gasteiger partial charge < -0.3 is 10.0 Å². The molecule has 0 aromatic heterocycles. The smallest absolute Gasteiger partial charge is 0.308 e. The van der Waals surface area contributed by atoms with Gasteiger partial charge in [-0.2, -0.15) is 0 Å². The SMILES string of the molecule is CCCCN(C)c1cccc(F)c1CC(=O)O. The van der Waals surface area contributed by atoms with Gasteiger partial charge in [0.2, 0.25) is 0 Å². The highest BCUT2D eigenvalue weighted by molar-refractivity contribution is 5.73. The van der Waals surface area contributed by atoms with Crippen LogP contribution in [0.5, 0.6) is 0 Å². The fourth-order valence-corrected chi connectivity index (χ4v) is 1.75. The Balaban J connectivity index is 2.96. The monoisotopic (exact) mass is 239 g/mol. The van der Waals surface area contributed by atoms with Gasteiger partial charge in [0.15, 0.2) is 0 Å². The topological polar surface area (TPSA) is 40.5 Å². The highest BCUT2D eigenvalue weighted by Crippen LogP contribution is 2.23. The van der Waals surface area contributed by atoms with Gasteiger partial charge in [0.05, 0.1) is 6.42 Å². The van der Waals surface area contributed by atoms with Gasteiger partial charge >= 0.3 is 5.97 Å². The zero-order chi connectivity index (χ0) is 12.8. The second-order valence-corrected chi connectivity index (χ2v) is 4.08. The van der Waals surface area contributed by atoms with E-state index in [4.69, 9.17) is 5.11 Å². The molecule has 0 amide bonds. The first-order valence-corrected chi connectivity index (χ1v) is 5.76. The molecule has 0 heterocycles. The Bertz CT molecular complexity index is 393. The second kappa shape index (κ2) is 6.23. The van der Waals surface area contributed by atoms with Crippen LogP contribution in [0, 0.1) is 5.82 Å². The van der Waals surface area contributed by atoms with E-state index < -0.39 is 11.8 Å². The van der Waals surface area contributed by atoms with E-state index in [9.17, 15) is 9.18 Å². The van der Waals surface area contributed by atoms with Crippen molar-refractivity contribution in [3.8, 4) is 0 Å². The summed E-state index contributed by atoms with van der Waals surface area (Å²) in [5.41, 5.74) is 0.930. The molecule has 17 heavy (non-hydrogen) atoms. The summed E-state index contributed by atoms with van der Waals surface area (Å²) in [6.45, 7) is 2.88. The number of aliphatic carboxylic acids is 1. The van der Waals surface area contributed by atoms with Gasteiger partial charge in [-0.3, -0.25) is 4.79 Å². The molecule has 0 unspecified atom stereocenters. The van der Waals surface area contributed by atoms with Crippen molar-refractivity contribution in [3.05, 3.63) is 29.6 Å². The van der Waals surface area contributed by atoms with Crippen molar-refractivity contribution in [1.29, 1.82) is 0 Å². The van der Waals surface area contributed by atoms with Crippen molar-refractivity contribution < 1.29 is 14.3 Å². The van der Waals surface area contributed by atoms with Crippen molar-refractivity contribution in [1.82, 2.24) is 0 Å². The second-order valence-electron chi connectivity index (χ2n) is 4.08. The summed E-state index contributed by atoms with van der Waals surface area (Å²) < 4.78 is 13.6. The van der Waals surface area contributed by atoms with E-state index in [2.05, 4.69) is 6.92 Å². The Hall–Kier alpha value is -1.58. The fraction of sp³-hybridized carbons (Fsp3) is 0.462. The molecule has 3 nitrogen and oxygen atoms in total. The number of hydrogen-bond acceptors (Lipinski definition) is 2.